The van der Waals surface area contributed by atoms with Crippen molar-refractivity contribution < 1.29 is 39.0 Å². The molecule has 188 valence electrons. The molecule has 0 bridgehead atoms. The lowest BCUT2D eigenvalue weighted by atomic mass is 9.84. The molecule has 4 amide bonds. The summed E-state index contributed by atoms with van der Waals surface area (Å²) in [4.78, 5) is 75.3. The van der Waals surface area contributed by atoms with Crippen molar-refractivity contribution in [1.82, 2.24) is 20.7 Å². The summed E-state index contributed by atoms with van der Waals surface area (Å²) in [6, 6.07) is 4.35. The smallest absolute Gasteiger partial charge is 0.330 e. The van der Waals surface area contributed by atoms with Crippen molar-refractivity contribution in [3.05, 3.63) is 35.9 Å². The minimum atomic E-state index is -1.82. The van der Waals surface area contributed by atoms with Gasteiger partial charge in [-0.25, -0.2) is 9.80 Å². The zero-order valence-electron chi connectivity index (χ0n) is 19.2. The van der Waals surface area contributed by atoms with Crippen LogP contribution >= 0.6 is 0 Å². The van der Waals surface area contributed by atoms with Crippen molar-refractivity contribution >= 4 is 35.6 Å². The molecule has 35 heavy (non-hydrogen) atoms. The molecule has 2 aliphatic heterocycles. The van der Waals surface area contributed by atoms with Crippen molar-refractivity contribution in [2.75, 3.05) is 13.1 Å². The number of benzene rings is 1. The van der Waals surface area contributed by atoms with Crippen LogP contribution in [0.3, 0.4) is 0 Å². The van der Waals surface area contributed by atoms with Crippen LogP contribution in [0.5, 0.6) is 0 Å². The van der Waals surface area contributed by atoms with Gasteiger partial charge in [0.05, 0.1) is 12.3 Å². The van der Waals surface area contributed by atoms with E-state index in [4.69, 9.17) is 0 Å². The van der Waals surface area contributed by atoms with Crippen LogP contribution in [-0.4, -0.2) is 74.9 Å². The molecule has 4 N–H and O–H groups in total. The molecular formula is C23H28N4O8. The standard InChI is InChI=1S/C23H28N4O8/c1-13(28)26(27-18(29)11-16(22(27)33)14-7-9-24-10-8-14)17(12-19(30)31)21(32)25-20(23(34)35)15-5-3-2-4-6-15/h2-6,14,16-17,20,24H,7-12H2,1H3,(H,25,32)(H,30,31)(H,34,35)/t16?,17-,20-/m0/s1. The minimum absolute atomic E-state index is 0.0901. The van der Waals surface area contributed by atoms with Gasteiger partial charge in [-0.05, 0) is 37.4 Å². The van der Waals surface area contributed by atoms with Crippen molar-refractivity contribution in [3.63, 3.8) is 0 Å². The van der Waals surface area contributed by atoms with Crippen molar-refractivity contribution in [2.24, 2.45) is 11.8 Å². The van der Waals surface area contributed by atoms with Crippen molar-refractivity contribution in [3.8, 4) is 0 Å². The van der Waals surface area contributed by atoms with Gasteiger partial charge in [0.25, 0.3) is 5.91 Å². The number of carbonyl (C=O) groups excluding carboxylic acids is 4. The highest BCUT2D eigenvalue weighted by Crippen LogP contribution is 2.33. The monoisotopic (exact) mass is 488 g/mol. The van der Waals surface area contributed by atoms with E-state index in [9.17, 15) is 39.0 Å². The summed E-state index contributed by atoms with van der Waals surface area (Å²) in [5, 5.41) is 25.6. The Morgan fingerprint density at radius 2 is 1.74 bits per heavy atom. The second-order valence-electron chi connectivity index (χ2n) is 8.61. The Kier molecular flexibility index (Phi) is 8.18. The number of carboxylic acid groups (broad SMARTS) is 2. The van der Waals surface area contributed by atoms with E-state index in [-0.39, 0.29) is 17.9 Å². The Hall–Kier alpha value is -3.80. The lowest BCUT2D eigenvalue weighted by Crippen LogP contribution is -2.60. The van der Waals surface area contributed by atoms with Gasteiger partial charge in [-0.3, -0.25) is 24.0 Å². The summed E-state index contributed by atoms with van der Waals surface area (Å²) in [6.07, 6.45) is 0.222. The highest BCUT2D eigenvalue weighted by molar-refractivity contribution is 6.05. The van der Waals surface area contributed by atoms with Gasteiger partial charge in [0.1, 0.15) is 6.04 Å². The summed E-state index contributed by atoms with van der Waals surface area (Å²) in [5.41, 5.74) is 0.219. The van der Waals surface area contributed by atoms with Crippen LogP contribution in [0.1, 0.15) is 44.2 Å². The van der Waals surface area contributed by atoms with Gasteiger partial charge in [0.15, 0.2) is 6.04 Å². The maximum atomic E-state index is 13.2. The molecule has 2 fully saturated rings. The van der Waals surface area contributed by atoms with Crippen LogP contribution in [0.2, 0.25) is 0 Å². The van der Waals surface area contributed by atoms with E-state index in [2.05, 4.69) is 10.6 Å². The molecule has 2 aliphatic rings. The number of nitrogens with zero attached hydrogens (tertiary/aromatic N) is 2. The Labute approximate surface area is 201 Å². The number of amides is 4. The Morgan fingerprint density at radius 1 is 1.11 bits per heavy atom. The number of hydrogen-bond donors (Lipinski definition) is 4. The molecule has 2 heterocycles. The fourth-order valence-corrected chi connectivity index (χ4v) is 4.61. The number of imide groups is 1. The number of carbonyl (C=O) groups is 6. The molecule has 0 spiro atoms. The number of hydrazine groups is 1. The number of hydrogen-bond acceptors (Lipinski definition) is 7. The summed E-state index contributed by atoms with van der Waals surface area (Å²) in [7, 11) is 0. The fourth-order valence-electron chi connectivity index (χ4n) is 4.61. The largest absolute Gasteiger partial charge is 0.481 e. The second kappa shape index (κ2) is 11.1. The highest BCUT2D eigenvalue weighted by atomic mass is 16.4. The van der Waals surface area contributed by atoms with Gasteiger partial charge >= 0.3 is 11.9 Å². The van der Waals surface area contributed by atoms with Crippen LogP contribution in [0.25, 0.3) is 0 Å². The number of piperidine rings is 1. The lowest BCUT2D eigenvalue weighted by Gasteiger charge is -2.35. The molecule has 12 nitrogen and oxygen atoms in total. The fraction of sp³-hybridized carbons (Fsp3) is 0.478. The number of aliphatic carboxylic acids is 2. The van der Waals surface area contributed by atoms with E-state index >= 15 is 0 Å². The van der Waals surface area contributed by atoms with E-state index in [1.165, 1.54) is 12.1 Å². The van der Waals surface area contributed by atoms with Crippen LogP contribution in [0, 0.1) is 11.8 Å². The average molecular weight is 488 g/mol. The quantitative estimate of drug-likeness (QED) is 0.346. The van der Waals surface area contributed by atoms with E-state index in [0.717, 1.165) is 6.92 Å². The van der Waals surface area contributed by atoms with Crippen LogP contribution in [0.4, 0.5) is 0 Å². The molecule has 1 aromatic carbocycles. The van der Waals surface area contributed by atoms with Crippen LogP contribution in [0.15, 0.2) is 30.3 Å². The van der Waals surface area contributed by atoms with Crippen molar-refractivity contribution in [1.29, 1.82) is 0 Å². The molecule has 1 aromatic rings. The lowest BCUT2D eigenvalue weighted by molar-refractivity contribution is -0.177. The third-order valence-electron chi connectivity index (χ3n) is 6.28. The van der Waals surface area contributed by atoms with Crippen LogP contribution in [-0.2, 0) is 28.8 Å². The normalized spacial score (nSPS) is 20.3. The van der Waals surface area contributed by atoms with E-state index in [1.807, 2.05) is 0 Å². The third kappa shape index (κ3) is 5.83. The summed E-state index contributed by atoms with van der Waals surface area (Å²) < 4.78 is 0. The zero-order valence-corrected chi connectivity index (χ0v) is 19.2. The van der Waals surface area contributed by atoms with Gasteiger partial charge in [-0.15, -0.1) is 0 Å². The first-order chi connectivity index (χ1) is 16.6. The van der Waals surface area contributed by atoms with E-state index in [1.54, 1.807) is 18.2 Å². The predicted octanol–water partition coefficient (Wildman–Crippen LogP) is -0.0900. The Balaban J connectivity index is 1.91. The summed E-state index contributed by atoms with van der Waals surface area (Å²) >= 11 is 0. The zero-order chi connectivity index (χ0) is 25.7. The molecule has 2 saturated heterocycles. The molecule has 1 unspecified atom stereocenters. The topological polar surface area (TPSA) is 173 Å². The Morgan fingerprint density at radius 3 is 2.29 bits per heavy atom. The maximum absolute atomic E-state index is 13.2. The predicted molar refractivity (Wildman–Crippen MR) is 119 cm³/mol. The Bertz CT molecular complexity index is 1010. The molecule has 0 radical (unpaired) electrons. The summed E-state index contributed by atoms with van der Waals surface area (Å²) in [5.74, 6) is -7.06. The number of rotatable bonds is 9. The van der Waals surface area contributed by atoms with Gasteiger partial charge < -0.3 is 20.8 Å². The number of nitrogens with one attached hydrogen (secondary N) is 2. The second-order valence-corrected chi connectivity index (χ2v) is 8.61. The number of carboxylic acids is 2. The average Bonchev–Trinajstić information content (AvgIpc) is 3.11. The first-order valence-electron chi connectivity index (χ1n) is 11.3. The maximum Gasteiger partial charge on any atom is 0.330 e. The van der Waals surface area contributed by atoms with E-state index in [0.29, 0.717) is 35.9 Å². The highest BCUT2D eigenvalue weighted by Gasteiger charge is 2.49. The van der Waals surface area contributed by atoms with E-state index < -0.39 is 60.0 Å². The molecule has 0 aliphatic carbocycles. The molecule has 12 heteroatoms. The first-order valence-corrected chi connectivity index (χ1v) is 11.3. The third-order valence-corrected chi connectivity index (χ3v) is 6.28. The first kappa shape index (κ1) is 25.8. The molecule has 3 rings (SSSR count). The van der Waals surface area contributed by atoms with Crippen LogP contribution < -0.4 is 10.6 Å². The summed E-state index contributed by atoms with van der Waals surface area (Å²) in [6.45, 7) is 2.37. The molecule has 0 saturated carbocycles. The van der Waals surface area contributed by atoms with Gasteiger partial charge in [-0.1, -0.05) is 30.3 Å². The molecule has 3 atom stereocenters. The molecule has 0 aromatic heterocycles. The SMILES string of the molecule is CC(=O)N([C@@H](CC(=O)O)C(=O)N[C@H](C(=O)O)c1ccccc1)N1C(=O)CC(C2CCNCC2)C1=O. The van der Waals surface area contributed by atoms with Crippen molar-refractivity contribution in [2.45, 2.75) is 44.7 Å². The van der Waals surface area contributed by atoms with Gasteiger partial charge in [0, 0.05) is 13.3 Å². The minimum Gasteiger partial charge on any atom is -0.481 e. The molecular weight excluding hydrogens is 460 g/mol. The van der Waals surface area contributed by atoms with Gasteiger partial charge in [-0.2, -0.15) is 5.01 Å². The van der Waals surface area contributed by atoms with Gasteiger partial charge in [0.2, 0.25) is 17.7 Å².